The van der Waals surface area contributed by atoms with Crippen LogP contribution in [0.15, 0.2) is 18.2 Å². The van der Waals surface area contributed by atoms with Crippen molar-refractivity contribution in [3.63, 3.8) is 0 Å². The molecule has 4 N–H and O–H groups in total. The third-order valence-electron chi connectivity index (χ3n) is 3.65. The number of anilines is 1. The lowest BCUT2D eigenvalue weighted by Gasteiger charge is -2.12. The Morgan fingerprint density at radius 2 is 2.33 bits per heavy atom. The van der Waals surface area contributed by atoms with E-state index in [0.717, 1.165) is 19.5 Å². The van der Waals surface area contributed by atoms with Crippen LogP contribution < -0.4 is 16.6 Å². The monoisotopic (exact) mass is 293 g/mol. The van der Waals surface area contributed by atoms with Gasteiger partial charge in [0.15, 0.2) is 0 Å². The summed E-state index contributed by atoms with van der Waals surface area (Å²) in [4.78, 5) is 24.5. The lowest BCUT2D eigenvalue weighted by Crippen LogP contribution is -2.30. The van der Waals surface area contributed by atoms with Gasteiger partial charge in [0.25, 0.3) is 11.6 Å². The molecule has 114 valence electrons. The largest absolute Gasteiger partial charge is 0.352 e. The zero-order valence-electron chi connectivity index (χ0n) is 11.8. The first kappa shape index (κ1) is 15.2. The molecule has 1 heterocycles. The minimum absolute atomic E-state index is 0.119. The van der Waals surface area contributed by atoms with Gasteiger partial charge in [-0.1, -0.05) is 0 Å². The first-order valence-electron chi connectivity index (χ1n) is 6.73. The van der Waals surface area contributed by atoms with E-state index in [1.54, 1.807) is 0 Å². The molecule has 8 heteroatoms. The van der Waals surface area contributed by atoms with Crippen LogP contribution in [0.3, 0.4) is 0 Å². The highest BCUT2D eigenvalue weighted by Crippen LogP contribution is 2.24. The minimum atomic E-state index is -0.550. The van der Waals surface area contributed by atoms with Gasteiger partial charge in [0.1, 0.15) is 5.69 Å². The fourth-order valence-corrected chi connectivity index (χ4v) is 2.48. The Morgan fingerprint density at radius 1 is 1.57 bits per heavy atom. The predicted octanol–water partition coefficient (Wildman–Crippen LogP) is 0.562. The van der Waals surface area contributed by atoms with Gasteiger partial charge in [0, 0.05) is 24.7 Å². The molecule has 1 saturated heterocycles. The van der Waals surface area contributed by atoms with E-state index in [4.69, 9.17) is 5.84 Å². The molecule has 1 fully saturated rings. The van der Waals surface area contributed by atoms with Gasteiger partial charge in [-0.05, 0) is 38.1 Å². The van der Waals surface area contributed by atoms with Crippen molar-refractivity contribution in [1.82, 2.24) is 10.2 Å². The molecule has 2 rings (SSSR count). The number of nitro benzene ring substituents is 1. The smallest absolute Gasteiger partial charge is 0.293 e. The molecule has 1 aromatic carbocycles. The summed E-state index contributed by atoms with van der Waals surface area (Å²) < 4.78 is 0. The molecule has 1 atom stereocenters. The number of hydrogen-bond donors (Lipinski definition) is 3. The van der Waals surface area contributed by atoms with Crippen molar-refractivity contribution >= 4 is 17.3 Å². The van der Waals surface area contributed by atoms with Crippen molar-refractivity contribution in [2.45, 2.75) is 6.42 Å². The number of carbonyl (C=O) groups is 1. The van der Waals surface area contributed by atoms with E-state index >= 15 is 0 Å². The SMILES string of the molecule is CN1CCC(CNC(=O)c2ccc([N+](=O)[O-])c(NN)c2)C1. The van der Waals surface area contributed by atoms with Crippen LogP contribution in [-0.2, 0) is 0 Å². The van der Waals surface area contributed by atoms with E-state index in [0.29, 0.717) is 18.0 Å². The summed E-state index contributed by atoms with van der Waals surface area (Å²) in [7, 11) is 2.05. The van der Waals surface area contributed by atoms with E-state index < -0.39 is 4.92 Å². The Bertz CT molecular complexity index is 549. The second-order valence-electron chi connectivity index (χ2n) is 5.26. The minimum Gasteiger partial charge on any atom is -0.352 e. The van der Waals surface area contributed by atoms with Crippen LogP contribution in [0.25, 0.3) is 0 Å². The molecular formula is C13H19N5O3. The molecule has 0 spiro atoms. The Morgan fingerprint density at radius 3 is 2.90 bits per heavy atom. The molecule has 1 aliphatic rings. The number of benzene rings is 1. The van der Waals surface area contributed by atoms with Gasteiger partial charge in [-0.25, -0.2) is 0 Å². The van der Waals surface area contributed by atoms with Gasteiger partial charge in [-0.3, -0.25) is 20.8 Å². The van der Waals surface area contributed by atoms with Crippen LogP contribution in [0.2, 0.25) is 0 Å². The maximum Gasteiger partial charge on any atom is 0.293 e. The van der Waals surface area contributed by atoms with E-state index in [-0.39, 0.29) is 17.3 Å². The number of hydrazine groups is 1. The lowest BCUT2D eigenvalue weighted by molar-refractivity contribution is -0.384. The molecular weight excluding hydrogens is 274 g/mol. The average Bonchev–Trinajstić information content (AvgIpc) is 2.89. The molecule has 0 aromatic heterocycles. The summed E-state index contributed by atoms with van der Waals surface area (Å²) in [6.45, 7) is 2.61. The third-order valence-corrected chi connectivity index (χ3v) is 3.65. The number of amides is 1. The summed E-state index contributed by atoms with van der Waals surface area (Å²) in [5.41, 5.74) is 2.55. The van der Waals surface area contributed by atoms with Crippen LogP contribution in [0.4, 0.5) is 11.4 Å². The van der Waals surface area contributed by atoms with Crippen LogP contribution in [0.1, 0.15) is 16.8 Å². The van der Waals surface area contributed by atoms with Gasteiger partial charge in [-0.2, -0.15) is 0 Å². The van der Waals surface area contributed by atoms with E-state index in [1.165, 1.54) is 18.2 Å². The van der Waals surface area contributed by atoms with Gasteiger partial charge < -0.3 is 15.6 Å². The second-order valence-corrected chi connectivity index (χ2v) is 5.26. The molecule has 21 heavy (non-hydrogen) atoms. The molecule has 0 saturated carbocycles. The predicted molar refractivity (Wildman–Crippen MR) is 78.8 cm³/mol. The number of rotatable bonds is 5. The van der Waals surface area contributed by atoms with Crippen molar-refractivity contribution < 1.29 is 9.72 Å². The van der Waals surface area contributed by atoms with Crippen molar-refractivity contribution in [2.75, 3.05) is 32.1 Å². The molecule has 0 aliphatic carbocycles. The first-order valence-corrected chi connectivity index (χ1v) is 6.73. The highest BCUT2D eigenvalue weighted by atomic mass is 16.6. The highest BCUT2D eigenvalue weighted by Gasteiger charge is 2.21. The summed E-state index contributed by atoms with van der Waals surface area (Å²) in [6.07, 6.45) is 1.06. The highest BCUT2D eigenvalue weighted by molar-refractivity contribution is 5.95. The second kappa shape index (κ2) is 6.51. The fraction of sp³-hybridized carbons (Fsp3) is 0.462. The van der Waals surface area contributed by atoms with Crippen molar-refractivity contribution in [2.24, 2.45) is 11.8 Å². The Hall–Kier alpha value is -2.19. The first-order chi connectivity index (χ1) is 10.0. The molecule has 8 nitrogen and oxygen atoms in total. The van der Waals surface area contributed by atoms with Crippen molar-refractivity contribution in [3.8, 4) is 0 Å². The molecule has 0 radical (unpaired) electrons. The Balaban J connectivity index is 2.00. The van der Waals surface area contributed by atoms with E-state index in [2.05, 4.69) is 22.7 Å². The van der Waals surface area contributed by atoms with Crippen molar-refractivity contribution in [1.29, 1.82) is 0 Å². The van der Waals surface area contributed by atoms with Gasteiger partial charge in [0.2, 0.25) is 0 Å². The number of nitrogen functional groups attached to an aromatic ring is 1. The average molecular weight is 293 g/mol. The summed E-state index contributed by atoms with van der Waals surface area (Å²) in [6, 6.07) is 4.08. The molecule has 1 unspecified atom stereocenters. The van der Waals surface area contributed by atoms with Gasteiger partial charge in [0.05, 0.1) is 4.92 Å². The number of hydrogen-bond acceptors (Lipinski definition) is 6. The number of nitrogens with two attached hydrogens (primary N) is 1. The van der Waals surface area contributed by atoms with Crippen molar-refractivity contribution in [3.05, 3.63) is 33.9 Å². The maximum absolute atomic E-state index is 12.1. The Labute approximate surface area is 122 Å². The Kier molecular flexibility index (Phi) is 4.71. The van der Waals surface area contributed by atoms with E-state index in [1.807, 2.05) is 0 Å². The van der Waals surface area contributed by atoms with Crippen LogP contribution in [0, 0.1) is 16.0 Å². The standard InChI is InChI=1S/C13H19N5O3/c1-17-5-4-9(8-17)7-15-13(19)10-2-3-12(18(20)21)11(6-10)16-14/h2-3,6,9,16H,4-5,7-8,14H2,1H3,(H,15,19). The molecule has 1 amide bonds. The maximum atomic E-state index is 12.1. The molecule has 0 bridgehead atoms. The topological polar surface area (TPSA) is 114 Å². The quantitative estimate of drug-likeness (QED) is 0.415. The number of nitro groups is 1. The zero-order valence-corrected chi connectivity index (χ0v) is 11.8. The number of nitrogens with one attached hydrogen (secondary N) is 2. The fourth-order valence-electron chi connectivity index (χ4n) is 2.48. The lowest BCUT2D eigenvalue weighted by atomic mass is 10.1. The number of carbonyl (C=O) groups excluding carboxylic acids is 1. The third kappa shape index (κ3) is 3.67. The number of nitrogens with zero attached hydrogens (tertiary/aromatic N) is 2. The molecule has 1 aromatic rings. The normalized spacial score (nSPS) is 18.5. The molecule has 1 aliphatic heterocycles. The van der Waals surface area contributed by atoms with Gasteiger partial charge in [-0.15, -0.1) is 0 Å². The van der Waals surface area contributed by atoms with Crippen LogP contribution >= 0.6 is 0 Å². The van der Waals surface area contributed by atoms with Crippen LogP contribution in [-0.4, -0.2) is 42.4 Å². The van der Waals surface area contributed by atoms with E-state index in [9.17, 15) is 14.9 Å². The number of likely N-dealkylation sites (tertiary alicyclic amines) is 1. The zero-order chi connectivity index (χ0) is 15.4. The summed E-state index contributed by atoms with van der Waals surface area (Å²) >= 11 is 0. The summed E-state index contributed by atoms with van der Waals surface area (Å²) in [5.74, 6) is 5.45. The summed E-state index contributed by atoms with van der Waals surface area (Å²) in [5, 5.41) is 13.7. The van der Waals surface area contributed by atoms with Gasteiger partial charge >= 0.3 is 0 Å². The van der Waals surface area contributed by atoms with Crippen LogP contribution in [0.5, 0.6) is 0 Å².